The highest BCUT2D eigenvalue weighted by molar-refractivity contribution is 6.27. The maximum atomic E-state index is 9.10. The molecule has 0 aliphatic rings. The maximum Gasteiger partial charge on any atom is 0.414 e. The van der Waals surface area contributed by atoms with Crippen molar-refractivity contribution in [1.82, 2.24) is 4.98 Å². The van der Waals surface area contributed by atoms with E-state index in [9.17, 15) is 0 Å². The number of hydrogen-bond acceptors (Lipinski definition) is 4. The lowest BCUT2D eigenvalue weighted by Crippen LogP contribution is -2.09. The second-order valence-electron chi connectivity index (χ2n) is 6.11. The van der Waals surface area contributed by atoms with E-state index in [1.54, 1.807) is 7.11 Å². The van der Waals surface area contributed by atoms with E-state index in [0.717, 1.165) is 31.6 Å². The summed E-state index contributed by atoms with van der Waals surface area (Å²) >= 11 is 0. The Bertz CT molecular complexity index is 937. The Hall–Kier alpha value is -3.32. The number of aromatic amines is 1. The van der Waals surface area contributed by atoms with Gasteiger partial charge in [-0.1, -0.05) is 30.3 Å². The summed E-state index contributed by atoms with van der Waals surface area (Å²) in [5.41, 5.74) is 10.6. The van der Waals surface area contributed by atoms with Gasteiger partial charge in [0.1, 0.15) is 5.75 Å². The van der Waals surface area contributed by atoms with Crippen LogP contribution in [0.2, 0.25) is 0 Å². The lowest BCUT2D eigenvalue weighted by atomic mass is 10.00. The first-order valence-corrected chi connectivity index (χ1v) is 8.88. The Morgan fingerprint density at radius 1 is 1.04 bits per heavy atom. The standard InChI is InChI=1S/C19H22N2O.C2H2O4/c1-22-15-8-6-7-14(13-15)19-17(10-4-5-12-20)16-9-2-3-11-18(16)21-19;3-1(4)2(5)6/h2-3,6-9,11,13,21H,4-5,10,12,20H2,1H3;(H,3,4)(H,5,6). The predicted octanol–water partition coefficient (Wildman–Crippen LogP) is 3.28. The van der Waals surface area contributed by atoms with Gasteiger partial charge in [0.25, 0.3) is 0 Å². The van der Waals surface area contributed by atoms with E-state index in [1.807, 2.05) is 12.1 Å². The summed E-state index contributed by atoms with van der Waals surface area (Å²) in [6, 6.07) is 16.7. The topological polar surface area (TPSA) is 126 Å². The van der Waals surface area contributed by atoms with E-state index in [0.29, 0.717) is 0 Å². The second kappa shape index (κ2) is 10.1. The molecule has 0 spiro atoms. The second-order valence-corrected chi connectivity index (χ2v) is 6.11. The molecule has 7 heteroatoms. The van der Waals surface area contributed by atoms with Gasteiger partial charge in [0.15, 0.2) is 0 Å². The molecule has 0 aliphatic heterocycles. The van der Waals surface area contributed by atoms with Crippen LogP contribution in [0.4, 0.5) is 0 Å². The number of para-hydroxylation sites is 1. The number of rotatable bonds is 6. The number of carboxylic acid groups (broad SMARTS) is 2. The SMILES string of the molecule is COc1cccc(-c2[nH]c3ccccc3c2CCCCN)c1.O=C(O)C(=O)O. The highest BCUT2D eigenvalue weighted by Crippen LogP contribution is 2.33. The molecule has 3 aromatic rings. The van der Waals surface area contributed by atoms with E-state index in [4.69, 9.17) is 30.3 Å². The van der Waals surface area contributed by atoms with Crippen molar-refractivity contribution in [3.8, 4) is 17.0 Å². The molecule has 0 fully saturated rings. The van der Waals surface area contributed by atoms with Crippen LogP contribution in [0.1, 0.15) is 18.4 Å². The van der Waals surface area contributed by atoms with Gasteiger partial charge in [-0.2, -0.15) is 0 Å². The van der Waals surface area contributed by atoms with Gasteiger partial charge in [0, 0.05) is 22.2 Å². The molecule has 0 bridgehead atoms. The lowest BCUT2D eigenvalue weighted by Gasteiger charge is -2.07. The van der Waals surface area contributed by atoms with Crippen molar-refractivity contribution in [1.29, 1.82) is 0 Å². The number of carboxylic acids is 2. The monoisotopic (exact) mass is 384 g/mol. The molecular weight excluding hydrogens is 360 g/mol. The number of aliphatic carboxylic acids is 2. The lowest BCUT2D eigenvalue weighted by molar-refractivity contribution is -0.159. The average molecular weight is 384 g/mol. The number of H-pyrrole nitrogens is 1. The third-order valence-electron chi connectivity index (χ3n) is 4.24. The minimum atomic E-state index is -1.82. The van der Waals surface area contributed by atoms with Crippen LogP contribution in [-0.2, 0) is 16.0 Å². The number of unbranched alkanes of at least 4 members (excludes halogenated alkanes) is 1. The smallest absolute Gasteiger partial charge is 0.414 e. The molecule has 1 aromatic heterocycles. The van der Waals surface area contributed by atoms with Crippen molar-refractivity contribution in [2.24, 2.45) is 5.73 Å². The number of aromatic nitrogens is 1. The third-order valence-corrected chi connectivity index (χ3v) is 4.24. The van der Waals surface area contributed by atoms with Gasteiger partial charge in [0.2, 0.25) is 0 Å². The molecule has 1 heterocycles. The number of aryl methyl sites for hydroxylation is 1. The molecule has 0 amide bonds. The molecule has 0 aliphatic carbocycles. The van der Waals surface area contributed by atoms with Crippen LogP contribution >= 0.6 is 0 Å². The first-order valence-electron chi connectivity index (χ1n) is 8.88. The molecular formula is C21H24N2O5. The Morgan fingerprint density at radius 2 is 1.75 bits per heavy atom. The number of nitrogens with two attached hydrogens (primary N) is 1. The summed E-state index contributed by atoms with van der Waals surface area (Å²) in [4.78, 5) is 21.8. The van der Waals surface area contributed by atoms with E-state index >= 15 is 0 Å². The predicted molar refractivity (Wildman–Crippen MR) is 108 cm³/mol. The van der Waals surface area contributed by atoms with Crippen LogP contribution in [-0.4, -0.2) is 40.8 Å². The minimum absolute atomic E-state index is 0.747. The van der Waals surface area contributed by atoms with Crippen molar-refractivity contribution in [3.05, 3.63) is 54.1 Å². The van der Waals surface area contributed by atoms with Crippen molar-refractivity contribution in [2.75, 3.05) is 13.7 Å². The van der Waals surface area contributed by atoms with Crippen LogP contribution in [0.5, 0.6) is 5.75 Å². The van der Waals surface area contributed by atoms with Crippen molar-refractivity contribution in [3.63, 3.8) is 0 Å². The quantitative estimate of drug-likeness (QED) is 0.382. The van der Waals surface area contributed by atoms with E-state index in [1.165, 1.54) is 27.7 Å². The Kier molecular flexibility index (Phi) is 7.59. The molecule has 7 nitrogen and oxygen atoms in total. The van der Waals surface area contributed by atoms with Gasteiger partial charge >= 0.3 is 11.9 Å². The number of methoxy groups -OCH3 is 1. The summed E-state index contributed by atoms with van der Waals surface area (Å²) < 4.78 is 5.36. The van der Waals surface area contributed by atoms with Gasteiger partial charge in [-0.05, 0) is 49.6 Å². The first-order chi connectivity index (χ1) is 13.5. The highest BCUT2D eigenvalue weighted by atomic mass is 16.5. The average Bonchev–Trinajstić information content (AvgIpc) is 3.07. The number of carbonyl (C=O) groups is 2. The first kappa shape index (κ1) is 21.0. The third kappa shape index (κ3) is 5.34. The molecule has 148 valence electrons. The fourth-order valence-corrected chi connectivity index (χ4v) is 2.93. The number of fused-ring (bicyclic) bond motifs is 1. The fraction of sp³-hybridized carbons (Fsp3) is 0.238. The van der Waals surface area contributed by atoms with E-state index in [-0.39, 0.29) is 0 Å². The van der Waals surface area contributed by atoms with Crippen LogP contribution in [0, 0.1) is 0 Å². The van der Waals surface area contributed by atoms with E-state index in [2.05, 4.69) is 41.4 Å². The molecule has 0 saturated heterocycles. The van der Waals surface area contributed by atoms with Crippen LogP contribution in [0.25, 0.3) is 22.2 Å². The summed E-state index contributed by atoms with van der Waals surface area (Å²) in [6.45, 7) is 0.747. The zero-order valence-electron chi connectivity index (χ0n) is 15.6. The summed E-state index contributed by atoms with van der Waals surface area (Å²) in [6.07, 6.45) is 3.19. The molecule has 3 rings (SSSR count). The molecule has 0 saturated carbocycles. The van der Waals surface area contributed by atoms with Gasteiger partial charge in [-0.3, -0.25) is 0 Å². The molecule has 5 N–H and O–H groups in total. The zero-order chi connectivity index (χ0) is 20.5. The fourth-order valence-electron chi connectivity index (χ4n) is 2.93. The Labute approximate surface area is 162 Å². The van der Waals surface area contributed by atoms with Crippen molar-refractivity contribution >= 4 is 22.8 Å². The summed E-state index contributed by atoms with van der Waals surface area (Å²) in [7, 11) is 1.70. The van der Waals surface area contributed by atoms with Gasteiger partial charge in [0.05, 0.1) is 7.11 Å². The highest BCUT2D eigenvalue weighted by Gasteiger charge is 2.13. The van der Waals surface area contributed by atoms with Crippen LogP contribution in [0.3, 0.4) is 0 Å². The van der Waals surface area contributed by atoms with Crippen LogP contribution < -0.4 is 10.5 Å². The summed E-state index contributed by atoms with van der Waals surface area (Å²) in [5, 5.41) is 16.1. The molecule has 0 radical (unpaired) electrons. The maximum absolute atomic E-state index is 9.10. The molecule has 2 aromatic carbocycles. The number of ether oxygens (including phenoxy) is 1. The van der Waals surface area contributed by atoms with Crippen LogP contribution in [0.15, 0.2) is 48.5 Å². The number of benzene rings is 2. The van der Waals surface area contributed by atoms with Crippen molar-refractivity contribution in [2.45, 2.75) is 19.3 Å². The van der Waals surface area contributed by atoms with Gasteiger partial charge < -0.3 is 25.7 Å². The van der Waals surface area contributed by atoms with Gasteiger partial charge in [-0.15, -0.1) is 0 Å². The Balaban J connectivity index is 0.000000409. The Morgan fingerprint density at radius 3 is 2.39 bits per heavy atom. The zero-order valence-corrected chi connectivity index (χ0v) is 15.6. The van der Waals surface area contributed by atoms with E-state index < -0.39 is 11.9 Å². The number of nitrogens with one attached hydrogen (secondary N) is 1. The number of hydrogen-bond donors (Lipinski definition) is 4. The molecule has 28 heavy (non-hydrogen) atoms. The molecule has 0 unspecified atom stereocenters. The van der Waals surface area contributed by atoms with Crippen molar-refractivity contribution < 1.29 is 24.5 Å². The summed E-state index contributed by atoms with van der Waals surface area (Å²) in [5.74, 6) is -2.77. The largest absolute Gasteiger partial charge is 0.497 e. The molecule has 0 atom stereocenters. The normalized spacial score (nSPS) is 10.2. The minimum Gasteiger partial charge on any atom is -0.497 e. The van der Waals surface area contributed by atoms with Gasteiger partial charge in [-0.25, -0.2) is 9.59 Å².